The first-order valence-corrected chi connectivity index (χ1v) is 4.35. The van der Waals surface area contributed by atoms with Gasteiger partial charge in [-0.25, -0.2) is 4.98 Å². The minimum atomic E-state index is -5.04. The minimum absolute atomic E-state index is 0. The molecule has 0 saturated heterocycles. The summed E-state index contributed by atoms with van der Waals surface area (Å²) in [4.78, 5) is 16.1. The van der Waals surface area contributed by atoms with Gasteiger partial charge in [-0.15, -0.1) is 0 Å². The summed E-state index contributed by atoms with van der Waals surface area (Å²) in [6.07, 6.45) is 0.771. The van der Waals surface area contributed by atoms with E-state index in [2.05, 4.69) is 4.98 Å². The van der Waals surface area contributed by atoms with Crippen molar-refractivity contribution in [3.05, 3.63) is 17.8 Å². The van der Waals surface area contributed by atoms with Crippen LogP contribution in [0.1, 0.15) is 5.56 Å². The SMILES string of the molecule is CN1C(=O)Cc2cc([B-](F)(F)F)cnc21.[K+]. The van der Waals surface area contributed by atoms with Gasteiger partial charge in [0, 0.05) is 18.8 Å². The van der Waals surface area contributed by atoms with Gasteiger partial charge in [-0.1, -0.05) is 11.5 Å². The second-order valence-corrected chi connectivity index (χ2v) is 3.46. The van der Waals surface area contributed by atoms with Gasteiger partial charge in [-0.05, 0) is 0 Å². The molecule has 0 radical (unpaired) electrons. The van der Waals surface area contributed by atoms with E-state index in [0.717, 1.165) is 12.3 Å². The van der Waals surface area contributed by atoms with Crippen molar-refractivity contribution in [1.82, 2.24) is 4.98 Å². The Balaban J connectivity index is 0.00000128. The van der Waals surface area contributed by atoms with E-state index in [0.29, 0.717) is 11.4 Å². The molecule has 8 heteroatoms. The predicted molar refractivity (Wildman–Crippen MR) is 50.1 cm³/mol. The first-order chi connectivity index (χ1) is 6.89. The monoisotopic (exact) mass is 254 g/mol. The van der Waals surface area contributed by atoms with Crippen LogP contribution in [0.25, 0.3) is 0 Å². The molecule has 0 aromatic carbocycles. The topological polar surface area (TPSA) is 33.2 Å². The van der Waals surface area contributed by atoms with Gasteiger partial charge in [0.15, 0.2) is 0 Å². The summed E-state index contributed by atoms with van der Waals surface area (Å²) in [5, 5.41) is 0. The summed E-state index contributed by atoms with van der Waals surface area (Å²) in [6, 6.07) is 1.00. The van der Waals surface area contributed by atoms with Gasteiger partial charge in [-0.2, -0.15) is 0 Å². The zero-order valence-electron chi connectivity index (χ0n) is 8.88. The van der Waals surface area contributed by atoms with Crippen LogP contribution < -0.4 is 61.7 Å². The third kappa shape index (κ3) is 2.51. The van der Waals surface area contributed by atoms with Crippen molar-refractivity contribution in [2.45, 2.75) is 6.42 Å². The molecular formula is C8H7BF3KN2O. The second kappa shape index (κ2) is 4.77. The molecule has 0 saturated carbocycles. The number of pyridine rings is 1. The van der Waals surface area contributed by atoms with Crippen molar-refractivity contribution >= 4 is 24.2 Å². The van der Waals surface area contributed by atoms with Crippen LogP contribution >= 0.6 is 0 Å². The van der Waals surface area contributed by atoms with Crippen LogP contribution in [-0.4, -0.2) is 24.9 Å². The molecule has 1 aliphatic heterocycles. The van der Waals surface area contributed by atoms with Gasteiger partial charge in [0.05, 0.1) is 6.42 Å². The molecule has 80 valence electrons. The molecule has 16 heavy (non-hydrogen) atoms. The third-order valence-electron chi connectivity index (χ3n) is 2.38. The maximum absolute atomic E-state index is 12.4. The van der Waals surface area contributed by atoms with E-state index in [9.17, 15) is 17.7 Å². The molecule has 0 N–H and O–H groups in total. The van der Waals surface area contributed by atoms with Crippen LogP contribution in [0.5, 0.6) is 0 Å². The smallest absolute Gasteiger partial charge is 0.445 e. The number of hydrogen-bond acceptors (Lipinski definition) is 2. The van der Waals surface area contributed by atoms with E-state index in [1.807, 2.05) is 0 Å². The Kier molecular flexibility index (Phi) is 4.23. The Bertz CT molecular complexity index is 438. The fourth-order valence-corrected chi connectivity index (χ4v) is 1.53. The molecule has 1 aliphatic rings. The molecule has 1 aromatic rings. The Hall–Kier alpha value is 0.111. The summed E-state index contributed by atoms with van der Waals surface area (Å²) < 4.78 is 37.1. The summed E-state index contributed by atoms with van der Waals surface area (Å²) >= 11 is 0. The van der Waals surface area contributed by atoms with Crippen molar-refractivity contribution in [2.24, 2.45) is 0 Å². The molecule has 0 fully saturated rings. The van der Waals surface area contributed by atoms with E-state index in [4.69, 9.17) is 0 Å². The Morgan fingerprint density at radius 1 is 1.44 bits per heavy atom. The fraction of sp³-hybridized carbons (Fsp3) is 0.250. The maximum Gasteiger partial charge on any atom is 1.00 e. The van der Waals surface area contributed by atoms with Crippen molar-refractivity contribution < 1.29 is 69.1 Å². The Morgan fingerprint density at radius 2 is 2.06 bits per heavy atom. The Morgan fingerprint density at radius 3 is 2.62 bits per heavy atom. The molecule has 0 bridgehead atoms. The first kappa shape index (κ1) is 14.2. The molecule has 0 unspecified atom stereocenters. The minimum Gasteiger partial charge on any atom is -0.445 e. The zero-order chi connectivity index (χ0) is 11.2. The molecule has 1 aromatic heterocycles. The van der Waals surface area contributed by atoms with Gasteiger partial charge < -0.3 is 12.9 Å². The number of anilines is 1. The average molecular weight is 254 g/mol. The molecule has 2 rings (SSSR count). The summed E-state index contributed by atoms with van der Waals surface area (Å²) in [5.41, 5.74) is -0.406. The standard InChI is InChI=1S/C8H7BF3N2O.K/c1-14-7(15)3-5-2-6(9(10,11)12)4-13-8(5)14;/h2,4H,3H2,1H3;/q-1;+1. The molecule has 0 atom stereocenters. The zero-order valence-corrected chi connectivity index (χ0v) is 12.0. The number of nitrogens with zero attached hydrogens (tertiary/aromatic N) is 2. The van der Waals surface area contributed by atoms with Gasteiger partial charge in [0.25, 0.3) is 0 Å². The Labute approximate surface area is 133 Å². The number of halogens is 3. The van der Waals surface area contributed by atoms with Crippen LogP contribution in [0.15, 0.2) is 12.3 Å². The maximum atomic E-state index is 12.4. The molecule has 3 nitrogen and oxygen atoms in total. The van der Waals surface area contributed by atoms with Crippen LogP contribution in [-0.2, 0) is 11.2 Å². The summed E-state index contributed by atoms with van der Waals surface area (Å²) in [6.45, 7) is -5.04. The number of likely N-dealkylation sites (N-methyl/N-ethyl adjacent to an activating group) is 1. The normalized spacial score (nSPS) is 14.8. The fourth-order valence-electron chi connectivity index (χ4n) is 1.53. The number of rotatable bonds is 1. The second-order valence-electron chi connectivity index (χ2n) is 3.46. The van der Waals surface area contributed by atoms with Gasteiger partial charge >= 0.3 is 58.4 Å². The average Bonchev–Trinajstić information content (AvgIpc) is 2.41. The predicted octanol–water partition coefficient (Wildman–Crippen LogP) is -2.34. The molecule has 2 heterocycles. The van der Waals surface area contributed by atoms with E-state index in [1.54, 1.807) is 0 Å². The van der Waals surface area contributed by atoms with E-state index in [1.165, 1.54) is 11.9 Å². The number of hydrogen-bond donors (Lipinski definition) is 0. The number of aromatic nitrogens is 1. The molecule has 0 aliphatic carbocycles. The van der Waals surface area contributed by atoms with Crippen LogP contribution in [0.3, 0.4) is 0 Å². The van der Waals surface area contributed by atoms with Crippen molar-refractivity contribution in [3.63, 3.8) is 0 Å². The van der Waals surface area contributed by atoms with Crippen molar-refractivity contribution in [1.29, 1.82) is 0 Å². The van der Waals surface area contributed by atoms with E-state index >= 15 is 0 Å². The molecule has 0 spiro atoms. The van der Waals surface area contributed by atoms with Gasteiger partial charge in [-0.3, -0.25) is 9.69 Å². The number of carbonyl (C=O) groups excluding carboxylic acids is 1. The van der Waals surface area contributed by atoms with Gasteiger partial charge in [0.1, 0.15) is 5.82 Å². The van der Waals surface area contributed by atoms with E-state index in [-0.39, 0.29) is 63.7 Å². The number of fused-ring (bicyclic) bond motifs is 1. The summed E-state index contributed by atoms with van der Waals surface area (Å²) in [5.74, 6) is 0.0909. The molecule has 1 amide bonds. The van der Waals surface area contributed by atoms with Crippen molar-refractivity contribution in [3.8, 4) is 0 Å². The first-order valence-electron chi connectivity index (χ1n) is 4.35. The van der Waals surface area contributed by atoms with Crippen LogP contribution in [0, 0.1) is 0 Å². The van der Waals surface area contributed by atoms with Gasteiger partial charge in [0.2, 0.25) is 5.91 Å². The van der Waals surface area contributed by atoms with Crippen molar-refractivity contribution in [2.75, 3.05) is 11.9 Å². The quantitative estimate of drug-likeness (QED) is 0.526. The van der Waals surface area contributed by atoms with Crippen LogP contribution in [0.2, 0.25) is 0 Å². The number of carbonyl (C=O) groups is 1. The largest absolute Gasteiger partial charge is 1.00 e. The van der Waals surface area contributed by atoms with E-state index < -0.39 is 12.4 Å². The summed E-state index contributed by atoms with van der Waals surface area (Å²) in [7, 11) is 1.50. The molecular weight excluding hydrogens is 247 g/mol. The number of amides is 1. The third-order valence-corrected chi connectivity index (χ3v) is 2.38. The van der Waals surface area contributed by atoms with Crippen LogP contribution in [0.4, 0.5) is 18.8 Å².